The lowest BCUT2D eigenvalue weighted by Crippen LogP contribution is -2.33. The molecular weight excluding hydrogens is 224 g/mol. The Morgan fingerprint density at radius 3 is 2.81 bits per heavy atom. The van der Waals surface area contributed by atoms with Gasteiger partial charge in [0, 0.05) is 23.7 Å². The van der Waals surface area contributed by atoms with Crippen LogP contribution < -0.4 is 5.73 Å². The van der Waals surface area contributed by atoms with E-state index in [-0.39, 0.29) is 5.91 Å². The Kier molecular flexibility index (Phi) is 2.67. The first kappa shape index (κ1) is 11.4. The third kappa shape index (κ3) is 2.05. The summed E-state index contributed by atoms with van der Waals surface area (Å²) in [6.45, 7) is 4.68. The molecule has 0 aromatic carbocycles. The van der Waals surface area contributed by atoms with E-state index in [0.29, 0.717) is 30.1 Å². The molecule has 1 fully saturated rings. The molecule has 0 spiro atoms. The van der Waals surface area contributed by atoms with Crippen molar-refractivity contribution in [1.82, 2.24) is 4.90 Å². The molecule has 1 aromatic heterocycles. The highest BCUT2D eigenvalue weighted by Crippen LogP contribution is 2.27. The maximum atomic E-state index is 12.1. The Labute approximate surface area is 98.7 Å². The first-order valence-electron chi connectivity index (χ1n) is 5.27. The molecule has 0 aliphatic carbocycles. The summed E-state index contributed by atoms with van der Waals surface area (Å²) in [4.78, 5) is 15.4. The Hall–Kier alpha value is -1.07. The van der Waals surface area contributed by atoms with Crippen LogP contribution in [-0.2, 0) is 0 Å². The van der Waals surface area contributed by atoms with E-state index in [4.69, 9.17) is 5.73 Å². The zero-order chi connectivity index (χ0) is 11.9. The van der Waals surface area contributed by atoms with Crippen LogP contribution in [0.5, 0.6) is 0 Å². The molecule has 1 amide bonds. The molecule has 1 atom stereocenters. The lowest BCUT2D eigenvalue weighted by atomic mass is 10.1. The van der Waals surface area contributed by atoms with E-state index in [0.717, 1.165) is 4.88 Å². The zero-order valence-electron chi connectivity index (χ0n) is 9.49. The van der Waals surface area contributed by atoms with Crippen LogP contribution in [0.25, 0.3) is 0 Å². The van der Waals surface area contributed by atoms with Gasteiger partial charge in [0.05, 0.1) is 10.5 Å². The van der Waals surface area contributed by atoms with Crippen molar-refractivity contribution in [2.45, 2.75) is 25.9 Å². The topological polar surface area (TPSA) is 66.6 Å². The number of aryl methyl sites for hydroxylation is 1. The first-order chi connectivity index (χ1) is 7.39. The van der Waals surface area contributed by atoms with Crippen molar-refractivity contribution in [2.75, 3.05) is 18.8 Å². The zero-order valence-corrected chi connectivity index (χ0v) is 10.3. The molecule has 2 heterocycles. The van der Waals surface area contributed by atoms with Crippen molar-refractivity contribution < 1.29 is 9.90 Å². The van der Waals surface area contributed by atoms with Crippen LogP contribution in [0.4, 0.5) is 5.69 Å². The van der Waals surface area contributed by atoms with Crippen molar-refractivity contribution in [3.8, 4) is 0 Å². The Morgan fingerprint density at radius 2 is 2.38 bits per heavy atom. The standard InChI is InChI=1S/C11H16N2O2S/c1-7-8(12)5-9(16-7)10(14)13-4-3-11(2,15)6-13/h5,15H,3-4,6,12H2,1-2H3. The number of β-amino-alcohol motifs (C(OH)–C–C–N with tert-alkyl or cyclic N) is 1. The van der Waals surface area contributed by atoms with Gasteiger partial charge in [-0.25, -0.2) is 0 Å². The molecule has 16 heavy (non-hydrogen) atoms. The summed E-state index contributed by atoms with van der Waals surface area (Å²) >= 11 is 1.41. The van der Waals surface area contributed by atoms with Gasteiger partial charge in [0.25, 0.3) is 5.91 Å². The number of aliphatic hydroxyl groups is 1. The average Bonchev–Trinajstić information content (AvgIpc) is 2.70. The van der Waals surface area contributed by atoms with E-state index >= 15 is 0 Å². The summed E-state index contributed by atoms with van der Waals surface area (Å²) in [5.74, 6) is -0.0254. The molecule has 88 valence electrons. The number of carbonyl (C=O) groups is 1. The largest absolute Gasteiger partial charge is 0.398 e. The second kappa shape index (κ2) is 3.75. The van der Waals surface area contributed by atoms with Gasteiger partial charge in [0.1, 0.15) is 0 Å². The number of amides is 1. The summed E-state index contributed by atoms with van der Waals surface area (Å²) in [5.41, 5.74) is 5.64. The number of anilines is 1. The Bertz CT molecular complexity index is 406. The van der Waals surface area contributed by atoms with Crippen molar-refractivity contribution in [1.29, 1.82) is 0 Å². The molecule has 2 rings (SSSR count). The molecular formula is C11H16N2O2S. The lowest BCUT2D eigenvalue weighted by Gasteiger charge is -2.18. The van der Waals surface area contributed by atoms with Crippen LogP contribution in [-0.4, -0.2) is 34.6 Å². The molecule has 3 N–H and O–H groups in total. The number of carbonyl (C=O) groups excluding carboxylic acids is 1. The molecule has 1 unspecified atom stereocenters. The van der Waals surface area contributed by atoms with Crippen LogP contribution in [0.1, 0.15) is 27.9 Å². The Balaban J connectivity index is 2.15. The molecule has 1 aliphatic heterocycles. The lowest BCUT2D eigenvalue weighted by molar-refractivity contribution is 0.0575. The van der Waals surface area contributed by atoms with Crippen LogP contribution in [0, 0.1) is 6.92 Å². The number of hydrogen-bond acceptors (Lipinski definition) is 4. The molecule has 1 aromatic rings. The van der Waals surface area contributed by atoms with Crippen molar-refractivity contribution in [3.63, 3.8) is 0 Å². The van der Waals surface area contributed by atoms with E-state index in [1.54, 1.807) is 17.9 Å². The van der Waals surface area contributed by atoms with Gasteiger partial charge in [-0.05, 0) is 26.3 Å². The van der Waals surface area contributed by atoms with Crippen molar-refractivity contribution in [2.24, 2.45) is 0 Å². The van der Waals surface area contributed by atoms with Gasteiger partial charge in [0.2, 0.25) is 0 Å². The predicted octanol–water partition coefficient (Wildman–Crippen LogP) is 1.24. The maximum absolute atomic E-state index is 12.1. The summed E-state index contributed by atoms with van der Waals surface area (Å²) in [6.07, 6.45) is 0.637. The summed E-state index contributed by atoms with van der Waals surface area (Å²) in [5, 5.41) is 9.81. The third-order valence-corrected chi connectivity index (χ3v) is 3.96. The normalized spacial score (nSPS) is 25.1. The van der Waals surface area contributed by atoms with Gasteiger partial charge in [-0.2, -0.15) is 0 Å². The van der Waals surface area contributed by atoms with Crippen molar-refractivity contribution >= 4 is 22.9 Å². The SMILES string of the molecule is Cc1sc(C(=O)N2CCC(C)(O)C2)cc1N. The van der Waals surface area contributed by atoms with E-state index in [1.807, 2.05) is 6.92 Å². The summed E-state index contributed by atoms with van der Waals surface area (Å²) in [7, 11) is 0. The summed E-state index contributed by atoms with van der Waals surface area (Å²) < 4.78 is 0. The fourth-order valence-electron chi connectivity index (χ4n) is 1.88. The minimum absolute atomic E-state index is 0.0254. The smallest absolute Gasteiger partial charge is 0.264 e. The quantitative estimate of drug-likeness (QED) is 0.776. The number of hydrogen-bond donors (Lipinski definition) is 2. The molecule has 1 aliphatic rings. The average molecular weight is 240 g/mol. The predicted molar refractivity (Wildman–Crippen MR) is 64.6 cm³/mol. The van der Waals surface area contributed by atoms with E-state index < -0.39 is 5.60 Å². The third-order valence-electron chi connectivity index (χ3n) is 2.91. The molecule has 1 saturated heterocycles. The van der Waals surface area contributed by atoms with E-state index in [2.05, 4.69) is 0 Å². The van der Waals surface area contributed by atoms with E-state index in [9.17, 15) is 9.90 Å². The number of rotatable bonds is 1. The highest BCUT2D eigenvalue weighted by Gasteiger charge is 2.34. The van der Waals surface area contributed by atoms with Crippen molar-refractivity contribution in [3.05, 3.63) is 15.8 Å². The molecule has 0 saturated carbocycles. The molecule has 0 radical (unpaired) electrons. The highest BCUT2D eigenvalue weighted by molar-refractivity contribution is 7.14. The second-order valence-corrected chi connectivity index (χ2v) is 5.85. The van der Waals surface area contributed by atoms with Crippen LogP contribution >= 0.6 is 11.3 Å². The fraction of sp³-hybridized carbons (Fsp3) is 0.545. The van der Waals surface area contributed by atoms with Gasteiger partial charge in [-0.15, -0.1) is 11.3 Å². The number of nitrogen functional groups attached to an aromatic ring is 1. The number of likely N-dealkylation sites (tertiary alicyclic amines) is 1. The van der Waals surface area contributed by atoms with Gasteiger partial charge in [0.15, 0.2) is 0 Å². The second-order valence-electron chi connectivity index (χ2n) is 4.60. The highest BCUT2D eigenvalue weighted by atomic mass is 32.1. The monoisotopic (exact) mass is 240 g/mol. The fourth-order valence-corrected chi connectivity index (χ4v) is 2.78. The van der Waals surface area contributed by atoms with Gasteiger partial charge in [-0.3, -0.25) is 4.79 Å². The Morgan fingerprint density at radius 1 is 1.69 bits per heavy atom. The molecule has 5 heteroatoms. The van der Waals surface area contributed by atoms with Crippen LogP contribution in [0.3, 0.4) is 0 Å². The van der Waals surface area contributed by atoms with Gasteiger partial charge >= 0.3 is 0 Å². The number of nitrogens with two attached hydrogens (primary N) is 1. The minimum Gasteiger partial charge on any atom is -0.398 e. The molecule has 0 bridgehead atoms. The van der Waals surface area contributed by atoms with E-state index in [1.165, 1.54) is 11.3 Å². The molecule has 4 nitrogen and oxygen atoms in total. The van der Waals surface area contributed by atoms with Gasteiger partial charge in [-0.1, -0.05) is 0 Å². The summed E-state index contributed by atoms with van der Waals surface area (Å²) in [6, 6.07) is 1.72. The first-order valence-corrected chi connectivity index (χ1v) is 6.08. The minimum atomic E-state index is -0.743. The van der Waals surface area contributed by atoms with Gasteiger partial charge < -0.3 is 15.7 Å². The van der Waals surface area contributed by atoms with Crippen LogP contribution in [0.2, 0.25) is 0 Å². The number of thiophene rings is 1. The van der Waals surface area contributed by atoms with Crippen LogP contribution in [0.15, 0.2) is 6.07 Å². The maximum Gasteiger partial charge on any atom is 0.264 e. The number of nitrogens with zero attached hydrogens (tertiary/aromatic N) is 1.